The van der Waals surface area contributed by atoms with Gasteiger partial charge in [0.15, 0.2) is 0 Å². The SMILES string of the molecule is NC(=O)CN1CCCC(c2ccnc(Nc3ncccn3)c2)C1. The van der Waals surface area contributed by atoms with E-state index < -0.39 is 0 Å². The van der Waals surface area contributed by atoms with Gasteiger partial charge < -0.3 is 11.1 Å². The number of piperidine rings is 1. The van der Waals surface area contributed by atoms with Crippen molar-refractivity contribution in [1.29, 1.82) is 0 Å². The Kier molecular flexibility index (Phi) is 4.77. The van der Waals surface area contributed by atoms with Gasteiger partial charge in [-0.25, -0.2) is 15.0 Å². The summed E-state index contributed by atoms with van der Waals surface area (Å²) in [5.41, 5.74) is 6.50. The number of nitrogens with two attached hydrogens (primary N) is 1. The standard InChI is InChI=1S/C16H20N6O/c17-14(23)11-22-8-1-3-13(10-22)12-4-7-18-15(9-12)21-16-19-5-2-6-20-16/h2,4-7,9,13H,1,3,8,10-11H2,(H2,17,23)(H,18,19,20,21). The van der Waals surface area contributed by atoms with Crippen LogP contribution in [0.4, 0.5) is 11.8 Å². The molecular weight excluding hydrogens is 292 g/mol. The van der Waals surface area contributed by atoms with Gasteiger partial charge in [0.1, 0.15) is 5.82 Å². The molecule has 3 rings (SSSR count). The second kappa shape index (κ2) is 7.15. The third kappa shape index (κ3) is 4.23. The average Bonchev–Trinajstić information content (AvgIpc) is 2.56. The highest BCUT2D eigenvalue weighted by molar-refractivity contribution is 5.75. The molecule has 1 fully saturated rings. The summed E-state index contributed by atoms with van der Waals surface area (Å²) in [6, 6.07) is 5.81. The summed E-state index contributed by atoms with van der Waals surface area (Å²) in [4.78, 5) is 25.8. The van der Waals surface area contributed by atoms with Crippen molar-refractivity contribution in [2.75, 3.05) is 25.0 Å². The molecule has 1 amide bonds. The molecule has 7 heteroatoms. The summed E-state index contributed by atoms with van der Waals surface area (Å²) < 4.78 is 0. The molecule has 0 bridgehead atoms. The normalized spacial score (nSPS) is 18.5. The van der Waals surface area contributed by atoms with E-state index in [2.05, 4.69) is 25.2 Å². The molecule has 23 heavy (non-hydrogen) atoms. The number of hydrogen-bond donors (Lipinski definition) is 2. The third-order valence-corrected chi connectivity index (χ3v) is 3.95. The molecule has 1 unspecified atom stereocenters. The van der Waals surface area contributed by atoms with Crippen LogP contribution in [0.3, 0.4) is 0 Å². The summed E-state index contributed by atoms with van der Waals surface area (Å²) in [5.74, 6) is 1.35. The minimum Gasteiger partial charge on any atom is -0.369 e. The van der Waals surface area contributed by atoms with Gasteiger partial charge in [-0.3, -0.25) is 9.69 Å². The van der Waals surface area contributed by atoms with Crippen LogP contribution in [0.15, 0.2) is 36.8 Å². The van der Waals surface area contributed by atoms with Gasteiger partial charge in [-0.15, -0.1) is 0 Å². The van der Waals surface area contributed by atoms with Crippen molar-refractivity contribution in [3.05, 3.63) is 42.4 Å². The summed E-state index contributed by atoms with van der Waals surface area (Å²) in [7, 11) is 0. The van der Waals surface area contributed by atoms with E-state index in [0.29, 0.717) is 18.4 Å². The lowest BCUT2D eigenvalue weighted by Crippen LogP contribution is -2.40. The first kappa shape index (κ1) is 15.4. The zero-order valence-electron chi connectivity index (χ0n) is 12.9. The molecule has 2 aromatic rings. The molecule has 2 aromatic heterocycles. The Morgan fingerprint density at radius 3 is 2.91 bits per heavy atom. The molecule has 120 valence electrons. The van der Waals surface area contributed by atoms with Crippen molar-refractivity contribution in [2.45, 2.75) is 18.8 Å². The number of hydrogen-bond acceptors (Lipinski definition) is 6. The first-order valence-electron chi connectivity index (χ1n) is 7.71. The van der Waals surface area contributed by atoms with E-state index in [-0.39, 0.29) is 5.91 Å². The monoisotopic (exact) mass is 312 g/mol. The molecule has 0 saturated carbocycles. The van der Waals surface area contributed by atoms with Crippen LogP contribution >= 0.6 is 0 Å². The van der Waals surface area contributed by atoms with Crippen molar-refractivity contribution in [1.82, 2.24) is 19.9 Å². The quantitative estimate of drug-likeness (QED) is 0.863. The fourth-order valence-corrected chi connectivity index (χ4v) is 2.94. The molecule has 0 aliphatic carbocycles. The average molecular weight is 312 g/mol. The van der Waals surface area contributed by atoms with Gasteiger partial charge in [0.25, 0.3) is 0 Å². The fraction of sp³-hybridized carbons (Fsp3) is 0.375. The Hall–Kier alpha value is -2.54. The Bertz CT molecular complexity index is 663. The Labute approximate surface area is 135 Å². The summed E-state index contributed by atoms with van der Waals surface area (Å²) in [6.07, 6.45) is 7.31. The maximum Gasteiger partial charge on any atom is 0.231 e. The number of likely N-dealkylation sites (tertiary alicyclic amines) is 1. The number of amides is 1. The molecule has 0 radical (unpaired) electrons. The lowest BCUT2D eigenvalue weighted by molar-refractivity contribution is -0.119. The topological polar surface area (TPSA) is 97.0 Å². The van der Waals surface area contributed by atoms with Crippen LogP contribution in [0.5, 0.6) is 0 Å². The number of aromatic nitrogens is 3. The molecule has 1 atom stereocenters. The predicted molar refractivity (Wildman–Crippen MR) is 87.2 cm³/mol. The summed E-state index contributed by atoms with van der Waals surface area (Å²) in [6.45, 7) is 2.09. The van der Waals surface area contributed by atoms with Crippen molar-refractivity contribution in [3.63, 3.8) is 0 Å². The fourth-order valence-electron chi connectivity index (χ4n) is 2.94. The first-order valence-corrected chi connectivity index (χ1v) is 7.71. The van der Waals surface area contributed by atoms with E-state index >= 15 is 0 Å². The maximum atomic E-state index is 11.1. The van der Waals surface area contributed by atoms with E-state index in [1.807, 2.05) is 12.1 Å². The van der Waals surface area contributed by atoms with Crippen molar-refractivity contribution < 1.29 is 4.79 Å². The summed E-state index contributed by atoms with van der Waals surface area (Å²) >= 11 is 0. The lowest BCUT2D eigenvalue weighted by atomic mass is 9.91. The smallest absolute Gasteiger partial charge is 0.231 e. The van der Waals surface area contributed by atoms with Crippen molar-refractivity contribution in [2.24, 2.45) is 5.73 Å². The predicted octanol–water partition coefficient (Wildman–Crippen LogP) is 1.28. The molecule has 1 aliphatic rings. The van der Waals surface area contributed by atoms with Crippen LogP contribution in [-0.4, -0.2) is 45.4 Å². The van der Waals surface area contributed by atoms with Crippen LogP contribution < -0.4 is 11.1 Å². The number of carbonyl (C=O) groups is 1. The highest BCUT2D eigenvalue weighted by Gasteiger charge is 2.22. The second-order valence-electron chi connectivity index (χ2n) is 5.71. The van der Waals surface area contributed by atoms with Crippen molar-refractivity contribution >= 4 is 17.7 Å². The number of pyridine rings is 1. The highest BCUT2D eigenvalue weighted by Crippen LogP contribution is 2.28. The molecule has 3 N–H and O–H groups in total. The van der Waals surface area contributed by atoms with Gasteiger partial charge in [0, 0.05) is 25.1 Å². The first-order chi connectivity index (χ1) is 11.2. The van der Waals surface area contributed by atoms with E-state index in [1.165, 1.54) is 5.56 Å². The van der Waals surface area contributed by atoms with Crippen LogP contribution in [0.25, 0.3) is 0 Å². The molecule has 1 aliphatic heterocycles. The third-order valence-electron chi connectivity index (χ3n) is 3.95. The van der Waals surface area contributed by atoms with Gasteiger partial charge in [0.05, 0.1) is 6.54 Å². The Morgan fingerprint density at radius 2 is 2.13 bits per heavy atom. The molecule has 1 saturated heterocycles. The van der Waals surface area contributed by atoms with E-state index in [0.717, 1.165) is 31.7 Å². The van der Waals surface area contributed by atoms with Gasteiger partial charge in [-0.05, 0) is 49.1 Å². The van der Waals surface area contributed by atoms with Crippen molar-refractivity contribution in [3.8, 4) is 0 Å². The molecule has 7 nitrogen and oxygen atoms in total. The minimum absolute atomic E-state index is 0.274. The number of primary amides is 1. The second-order valence-corrected chi connectivity index (χ2v) is 5.71. The Morgan fingerprint density at radius 1 is 1.30 bits per heavy atom. The van der Waals surface area contributed by atoms with Gasteiger partial charge in [-0.2, -0.15) is 0 Å². The number of nitrogens with zero attached hydrogens (tertiary/aromatic N) is 4. The largest absolute Gasteiger partial charge is 0.369 e. The van der Waals surface area contributed by atoms with Crippen LogP contribution in [0.2, 0.25) is 0 Å². The van der Waals surface area contributed by atoms with Gasteiger partial charge in [-0.1, -0.05) is 0 Å². The van der Waals surface area contributed by atoms with Crippen LogP contribution in [0.1, 0.15) is 24.3 Å². The molecule has 3 heterocycles. The highest BCUT2D eigenvalue weighted by atomic mass is 16.1. The zero-order valence-corrected chi connectivity index (χ0v) is 12.9. The molecular formula is C16H20N6O. The number of carbonyl (C=O) groups excluding carboxylic acids is 1. The van der Waals surface area contributed by atoms with E-state index in [4.69, 9.17) is 5.73 Å². The van der Waals surface area contributed by atoms with Crippen LogP contribution in [-0.2, 0) is 4.79 Å². The number of anilines is 2. The van der Waals surface area contributed by atoms with E-state index in [1.54, 1.807) is 24.7 Å². The molecule has 0 spiro atoms. The lowest BCUT2D eigenvalue weighted by Gasteiger charge is -2.32. The Balaban J connectivity index is 1.70. The van der Waals surface area contributed by atoms with Crippen LogP contribution in [0, 0.1) is 0 Å². The maximum absolute atomic E-state index is 11.1. The minimum atomic E-state index is -0.274. The number of rotatable bonds is 5. The summed E-state index contributed by atoms with van der Waals surface area (Å²) in [5, 5.41) is 3.11. The van der Waals surface area contributed by atoms with Gasteiger partial charge in [0.2, 0.25) is 11.9 Å². The number of nitrogens with one attached hydrogen (secondary N) is 1. The molecule has 0 aromatic carbocycles. The zero-order chi connectivity index (χ0) is 16.1. The van der Waals surface area contributed by atoms with E-state index in [9.17, 15) is 4.79 Å². The van der Waals surface area contributed by atoms with Gasteiger partial charge >= 0.3 is 0 Å².